The first-order valence-electron chi connectivity index (χ1n) is 6.60. The minimum Gasteiger partial charge on any atom is -0.439 e. The molecule has 1 heterocycles. The quantitative estimate of drug-likeness (QED) is 0.864. The fourth-order valence-corrected chi connectivity index (χ4v) is 1.58. The summed E-state index contributed by atoms with van der Waals surface area (Å²) in [7, 11) is 0. The van der Waals surface area contributed by atoms with Crippen LogP contribution < -0.4 is 10.1 Å². The van der Waals surface area contributed by atoms with Gasteiger partial charge >= 0.3 is 0 Å². The van der Waals surface area contributed by atoms with Crippen LogP contribution in [0.5, 0.6) is 11.6 Å². The minimum absolute atomic E-state index is 0.447. The molecule has 19 heavy (non-hydrogen) atoms. The molecule has 2 rings (SSSR count). The van der Waals surface area contributed by atoms with Gasteiger partial charge in [-0.25, -0.2) is 4.98 Å². The van der Waals surface area contributed by atoms with E-state index in [0.717, 1.165) is 11.4 Å². The second kappa shape index (κ2) is 6.23. The minimum atomic E-state index is 0.447. The van der Waals surface area contributed by atoms with Crippen LogP contribution in [0.15, 0.2) is 48.7 Å². The summed E-state index contributed by atoms with van der Waals surface area (Å²) in [6.07, 6.45) is 1.72. The summed E-state index contributed by atoms with van der Waals surface area (Å²) >= 11 is 0. The van der Waals surface area contributed by atoms with Crippen molar-refractivity contribution < 1.29 is 4.74 Å². The van der Waals surface area contributed by atoms with E-state index < -0.39 is 0 Å². The number of nitrogens with zero attached hydrogens (tertiary/aromatic N) is 1. The van der Waals surface area contributed by atoms with Crippen molar-refractivity contribution in [1.29, 1.82) is 0 Å². The van der Waals surface area contributed by atoms with Crippen molar-refractivity contribution >= 4 is 5.69 Å². The molecular formula is C16H20N2O. The number of anilines is 1. The SMILES string of the molecule is CC(C)C(C)Nc1ccc(Oc2ccccn2)cc1. The van der Waals surface area contributed by atoms with Gasteiger partial charge in [-0.15, -0.1) is 0 Å². The maximum Gasteiger partial charge on any atom is 0.219 e. The van der Waals surface area contributed by atoms with Crippen LogP contribution in [0.3, 0.4) is 0 Å². The molecule has 2 aromatic rings. The Hall–Kier alpha value is -2.03. The lowest BCUT2D eigenvalue weighted by molar-refractivity contribution is 0.463. The highest BCUT2D eigenvalue weighted by Gasteiger charge is 2.06. The van der Waals surface area contributed by atoms with Gasteiger partial charge in [0.25, 0.3) is 0 Å². The fraction of sp³-hybridized carbons (Fsp3) is 0.312. The van der Waals surface area contributed by atoms with Crippen molar-refractivity contribution in [3.05, 3.63) is 48.7 Å². The molecule has 0 saturated heterocycles. The summed E-state index contributed by atoms with van der Waals surface area (Å²) in [5.74, 6) is 2.00. The Bertz CT molecular complexity index is 494. The third-order valence-electron chi connectivity index (χ3n) is 3.11. The third-order valence-corrected chi connectivity index (χ3v) is 3.11. The van der Waals surface area contributed by atoms with Crippen molar-refractivity contribution in [2.24, 2.45) is 5.92 Å². The first kappa shape index (κ1) is 13.4. The lowest BCUT2D eigenvalue weighted by Crippen LogP contribution is -2.21. The molecular weight excluding hydrogens is 236 g/mol. The number of hydrogen-bond acceptors (Lipinski definition) is 3. The van der Waals surface area contributed by atoms with E-state index in [9.17, 15) is 0 Å². The normalized spacial score (nSPS) is 12.2. The van der Waals surface area contributed by atoms with E-state index >= 15 is 0 Å². The average molecular weight is 256 g/mol. The summed E-state index contributed by atoms with van der Waals surface area (Å²) in [4.78, 5) is 4.13. The summed E-state index contributed by atoms with van der Waals surface area (Å²) in [5.41, 5.74) is 1.11. The summed E-state index contributed by atoms with van der Waals surface area (Å²) < 4.78 is 5.65. The molecule has 3 nitrogen and oxygen atoms in total. The van der Waals surface area contributed by atoms with Gasteiger partial charge in [-0.3, -0.25) is 0 Å². The molecule has 0 aliphatic carbocycles. The highest BCUT2D eigenvalue weighted by molar-refractivity contribution is 5.47. The maximum absolute atomic E-state index is 5.65. The molecule has 1 atom stereocenters. The molecule has 0 radical (unpaired) electrons. The molecule has 1 N–H and O–H groups in total. The van der Waals surface area contributed by atoms with Crippen LogP contribution >= 0.6 is 0 Å². The summed E-state index contributed by atoms with van der Waals surface area (Å²) in [5, 5.41) is 3.46. The van der Waals surface area contributed by atoms with Gasteiger partial charge in [0.15, 0.2) is 0 Å². The van der Waals surface area contributed by atoms with Crippen LogP contribution in [-0.2, 0) is 0 Å². The van der Waals surface area contributed by atoms with Crippen LogP contribution in [-0.4, -0.2) is 11.0 Å². The van der Waals surface area contributed by atoms with Gasteiger partial charge in [0.2, 0.25) is 5.88 Å². The molecule has 1 aromatic carbocycles. The molecule has 3 heteroatoms. The van der Waals surface area contributed by atoms with Gasteiger partial charge in [0.05, 0.1) is 0 Å². The van der Waals surface area contributed by atoms with Crippen LogP contribution in [0.25, 0.3) is 0 Å². The zero-order valence-electron chi connectivity index (χ0n) is 11.6. The number of benzene rings is 1. The molecule has 0 spiro atoms. The lowest BCUT2D eigenvalue weighted by atomic mass is 10.1. The average Bonchev–Trinajstić information content (AvgIpc) is 2.42. The van der Waals surface area contributed by atoms with Gasteiger partial charge in [-0.1, -0.05) is 19.9 Å². The van der Waals surface area contributed by atoms with Gasteiger partial charge in [-0.2, -0.15) is 0 Å². The van der Waals surface area contributed by atoms with E-state index in [2.05, 4.69) is 31.1 Å². The van der Waals surface area contributed by atoms with E-state index in [0.29, 0.717) is 17.8 Å². The number of ether oxygens (including phenoxy) is 1. The van der Waals surface area contributed by atoms with Crippen molar-refractivity contribution in [1.82, 2.24) is 4.98 Å². The molecule has 1 aromatic heterocycles. The Labute approximate surface area is 114 Å². The molecule has 100 valence electrons. The first-order valence-corrected chi connectivity index (χ1v) is 6.60. The zero-order chi connectivity index (χ0) is 13.7. The summed E-state index contributed by atoms with van der Waals surface area (Å²) in [6, 6.07) is 14.0. The number of aromatic nitrogens is 1. The number of nitrogens with one attached hydrogen (secondary N) is 1. The zero-order valence-corrected chi connectivity index (χ0v) is 11.6. The molecule has 0 aliphatic rings. The van der Waals surface area contributed by atoms with E-state index in [1.54, 1.807) is 6.20 Å². The highest BCUT2D eigenvalue weighted by atomic mass is 16.5. The van der Waals surface area contributed by atoms with Crippen LogP contribution in [0.4, 0.5) is 5.69 Å². The van der Waals surface area contributed by atoms with Crippen molar-refractivity contribution in [3.63, 3.8) is 0 Å². The fourth-order valence-electron chi connectivity index (χ4n) is 1.58. The first-order chi connectivity index (χ1) is 9.15. The maximum atomic E-state index is 5.65. The lowest BCUT2D eigenvalue weighted by Gasteiger charge is -2.18. The predicted molar refractivity (Wildman–Crippen MR) is 78.7 cm³/mol. The van der Waals surface area contributed by atoms with E-state index in [1.807, 2.05) is 42.5 Å². The second-order valence-electron chi connectivity index (χ2n) is 4.97. The molecule has 0 amide bonds. The van der Waals surface area contributed by atoms with Crippen molar-refractivity contribution in [2.45, 2.75) is 26.8 Å². The van der Waals surface area contributed by atoms with Crippen LogP contribution in [0, 0.1) is 5.92 Å². The summed E-state index contributed by atoms with van der Waals surface area (Å²) in [6.45, 7) is 6.59. The molecule has 0 bridgehead atoms. The molecule has 0 fully saturated rings. The topological polar surface area (TPSA) is 34.1 Å². The molecule has 0 aliphatic heterocycles. The van der Waals surface area contributed by atoms with E-state index in [-0.39, 0.29) is 0 Å². The van der Waals surface area contributed by atoms with Gasteiger partial charge < -0.3 is 10.1 Å². The Morgan fingerprint density at radius 3 is 2.32 bits per heavy atom. The predicted octanol–water partition coefficient (Wildman–Crippen LogP) is 4.33. The molecule has 1 unspecified atom stereocenters. The largest absolute Gasteiger partial charge is 0.439 e. The van der Waals surface area contributed by atoms with Crippen LogP contribution in [0.2, 0.25) is 0 Å². The second-order valence-corrected chi connectivity index (χ2v) is 4.97. The monoisotopic (exact) mass is 256 g/mol. The Morgan fingerprint density at radius 1 is 1.00 bits per heavy atom. The molecule has 0 saturated carbocycles. The number of rotatable bonds is 5. The van der Waals surface area contributed by atoms with Crippen molar-refractivity contribution in [3.8, 4) is 11.6 Å². The number of hydrogen-bond donors (Lipinski definition) is 1. The van der Waals surface area contributed by atoms with Gasteiger partial charge in [0.1, 0.15) is 5.75 Å². The van der Waals surface area contributed by atoms with Gasteiger partial charge in [0, 0.05) is 24.0 Å². The van der Waals surface area contributed by atoms with E-state index in [1.165, 1.54) is 0 Å². The smallest absolute Gasteiger partial charge is 0.219 e. The van der Waals surface area contributed by atoms with Crippen LogP contribution in [0.1, 0.15) is 20.8 Å². The van der Waals surface area contributed by atoms with Crippen molar-refractivity contribution in [2.75, 3.05) is 5.32 Å². The van der Waals surface area contributed by atoms with Gasteiger partial charge in [-0.05, 0) is 43.2 Å². The van der Waals surface area contributed by atoms with E-state index in [4.69, 9.17) is 4.74 Å². The Kier molecular flexibility index (Phi) is 4.39. The Balaban J connectivity index is 1.99. The highest BCUT2D eigenvalue weighted by Crippen LogP contribution is 2.22. The Morgan fingerprint density at radius 2 is 1.74 bits per heavy atom. The number of pyridine rings is 1. The standard InChI is InChI=1S/C16H20N2O/c1-12(2)13(3)18-14-7-9-15(10-8-14)19-16-6-4-5-11-17-16/h4-13,18H,1-3H3. The third kappa shape index (κ3) is 3.98.